The highest BCUT2D eigenvalue weighted by Crippen LogP contribution is 2.38. The summed E-state index contributed by atoms with van der Waals surface area (Å²) in [5.41, 5.74) is 3.64. The number of hydrogen-bond donors (Lipinski definition) is 1. The maximum Gasteiger partial charge on any atom is 0.203 e. The first-order valence-corrected chi connectivity index (χ1v) is 9.67. The molecule has 31 heavy (non-hydrogen) atoms. The number of aromatic nitrogens is 3. The van der Waals surface area contributed by atoms with Crippen LogP contribution in [0.3, 0.4) is 0 Å². The van der Waals surface area contributed by atoms with Crippen LogP contribution in [0.25, 0.3) is 16.9 Å². The van der Waals surface area contributed by atoms with Crippen LogP contribution in [-0.4, -0.2) is 42.8 Å². The van der Waals surface area contributed by atoms with Gasteiger partial charge in [-0.05, 0) is 29.8 Å². The number of rotatable bonds is 8. The zero-order valence-corrected chi connectivity index (χ0v) is 17.9. The third-order valence-electron chi connectivity index (χ3n) is 4.98. The molecule has 4 rings (SSSR count). The van der Waals surface area contributed by atoms with Gasteiger partial charge >= 0.3 is 0 Å². The summed E-state index contributed by atoms with van der Waals surface area (Å²) in [5, 5.41) is 3.36. The zero-order chi connectivity index (χ0) is 21.8. The molecule has 8 heteroatoms. The Labute approximate surface area is 180 Å². The Morgan fingerprint density at radius 2 is 1.68 bits per heavy atom. The van der Waals surface area contributed by atoms with E-state index in [0.29, 0.717) is 29.6 Å². The molecule has 0 bridgehead atoms. The largest absolute Gasteiger partial charge is 0.497 e. The van der Waals surface area contributed by atoms with Gasteiger partial charge in [-0.15, -0.1) is 0 Å². The monoisotopic (exact) mass is 420 g/mol. The average molecular weight is 420 g/mol. The quantitative estimate of drug-likeness (QED) is 0.461. The van der Waals surface area contributed by atoms with Crippen LogP contribution in [0.15, 0.2) is 55.0 Å². The predicted octanol–water partition coefficient (Wildman–Crippen LogP) is 4.04. The minimum Gasteiger partial charge on any atom is -0.497 e. The number of hydrogen-bond acceptors (Lipinski definition) is 7. The van der Waals surface area contributed by atoms with Crippen molar-refractivity contribution < 1.29 is 18.9 Å². The van der Waals surface area contributed by atoms with Crippen LogP contribution in [0.5, 0.6) is 23.0 Å². The zero-order valence-electron chi connectivity index (χ0n) is 17.9. The van der Waals surface area contributed by atoms with Crippen molar-refractivity contribution in [2.75, 3.05) is 33.8 Å². The molecule has 160 valence electrons. The van der Waals surface area contributed by atoms with Crippen LogP contribution >= 0.6 is 0 Å². The summed E-state index contributed by atoms with van der Waals surface area (Å²) < 4.78 is 23.6. The molecule has 2 aromatic carbocycles. The number of ether oxygens (including phenoxy) is 4. The highest BCUT2D eigenvalue weighted by molar-refractivity contribution is 5.71. The standard InChI is InChI=1S/C23H24N4O4/c1-28-17-7-5-6-16(12-17)18-14-26-23-22(24-8-9-27(18)23)25-13-15-10-19(29-2)21(31-4)20(11-15)30-3/h5-12,14H,13H2,1-4H3,(H,24,25). The van der Waals surface area contributed by atoms with Crippen LogP contribution in [0.2, 0.25) is 0 Å². The van der Waals surface area contributed by atoms with Crippen molar-refractivity contribution in [3.05, 3.63) is 60.6 Å². The lowest BCUT2D eigenvalue weighted by atomic mass is 10.1. The molecule has 0 atom stereocenters. The van der Waals surface area contributed by atoms with Crippen molar-refractivity contribution in [3.63, 3.8) is 0 Å². The fourth-order valence-electron chi connectivity index (χ4n) is 3.46. The Balaban J connectivity index is 1.64. The third-order valence-corrected chi connectivity index (χ3v) is 4.98. The van der Waals surface area contributed by atoms with Gasteiger partial charge in [-0.25, -0.2) is 9.97 Å². The molecule has 2 aromatic heterocycles. The van der Waals surface area contributed by atoms with Gasteiger partial charge in [0.1, 0.15) is 5.75 Å². The second-order valence-electron chi connectivity index (χ2n) is 6.73. The topological polar surface area (TPSA) is 79.1 Å². The van der Waals surface area contributed by atoms with E-state index in [9.17, 15) is 0 Å². The van der Waals surface area contributed by atoms with E-state index in [-0.39, 0.29) is 0 Å². The Hall–Kier alpha value is -3.94. The molecule has 0 saturated carbocycles. The second-order valence-corrected chi connectivity index (χ2v) is 6.73. The minimum atomic E-state index is 0.505. The molecule has 0 saturated heterocycles. The van der Waals surface area contributed by atoms with E-state index in [0.717, 1.165) is 28.2 Å². The van der Waals surface area contributed by atoms with Crippen molar-refractivity contribution in [3.8, 4) is 34.3 Å². The number of fused-ring (bicyclic) bond motifs is 1. The molecule has 0 amide bonds. The number of benzene rings is 2. The summed E-state index contributed by atoms with van der Waals surface area (Å²) in [6, 6.07) is 11.7. The normalized spacial score (nSPS) is 10.7. The second kappa shape index (κ2) is 8.83. The SMILES string of the molecule is COc1cccc(-c2cnc3c(NCc4cc(OC)c(OC)c(OC)c4)nccn23)c1. The number of anilines is 1. The van der Waals surface area contributed by atoms with Gasteiger partial charge in [-0.1, -0.05) is 12.1 Å². The van der Waals surface area contributed by atoms with Crippen LogP contribution in [-0.2, 0) is 6.54 Å². The maximum atomic E-state index is 5.44. The van der Waals surface area contributed by atoms with Gasteiger partial charge in [-0.3, -0.25) is 4.40 Å². The highest BCUT2D eigenvalue weighted by atomic mass is 16.5. The Morgan fingerprint density at radius 3 is 2.35 bits per heavy atom. The van der Waals surface area contributed by atoms with E-state index < -0.39 is 0 Å². The van der Waals surface area contributed by atoms with Crippen LogP contribution in [0.4, 0.5) is 5.82 Å². The molecule has 0 aliphatic rings. The lowest BCUT2D eigenvalue weighted by molar-refractivity contribution is 0.324. The van der Waals surface area contributed by atoms with Crippen LogP contribution in [0, 0.1) is 0 Å². The predicted molar refractivity (Wildman–Crippen MR) is 118 cm³/mol. The number of methoxy groups -OCH3 is 4. The number of imidazole rings is 1. The van der Waals surface area contributed by atoms with Crippen molar-refractivity contribution in [2.45, 2.75) is 6.54 Å². The smallest absolute Gasteiger partial charge is 0.203 e. The molecule has 0 aliphatic carbocycles. The highest BCUT2D eigenvalue weighted by Gasteiger charge is 2.14. The fraction of sp³-hybridized carbons (Fsp3) is 0.217. The molecule has 0 unspecified atom stereocenters. The molecule has 2 heterocycles. The first-order chi connectivity index (χ1) is 15.2. The summed E-state index contributed by atoms with van der Waals surface area (Å²) in [6.07, 6.45) is 5.47. The molecule has 8 nitrogen and oxygen atoms in total. The lowest BCUT2D eigenvalue weighted by Gasteiger charge is -2.14. The fourth-order valence-corrected chi connectivity index (χ4v) is 3.46. The molecule has 0 fully saturated rings. The van der Waals surface area contributed by atoms with Gasteiger partial charge in [0.15, 0.2) is 23.0 Å². The van der Waals surface area contributed by atoms with Crippen molar-refractivity contribution in [2.24, 2.45) is 0 Å². The van der Waals surface area contributed by atoms with E-state index >= 15 is 0 Å². The molecule has 1 N–H and O–H groups in total. The van der Waals surface area contributed by atoms with Gasteiger partial charge in [0.05, 0.1) is 40.3 Å². The molecule has 0 radical (unpaired) electrons. The van der Waals surface area contributed by atoms with Gasteiger partial charge in [-0.2, -0.15) is 0 Å². The van der Waals surface area contributed by atoms with E-state index in [1.165, 1.54) is 0 Å². The summed E-state index contributed by atoms with van der Waals surface area (Å²) >= 11 is 0. The van der Waals surface area contributed by atoms with E-state index in [1.54, 1.807) is 34.6 Å². The van der Waals surface area contributed by atoms with Crippen molar-refractivity contribution in [1.29, 1.82) is 0 Å². The molecular weight excluding hydrogens is 396 g/mol. The van der Waals surface area contributed by atoms with Crippen LogP contribution < -0.4 is 24.3 Å². The Bertz CT molecular complexity index is 1180. The number of nitrogens with zero attached hydrogens (tertiary/aromatic N) is 3. The first kappa shape index (κ1) is 20.3. The summed E-state index contributed by atoms with van der Waals surface area (Å²) in [5.74, 6) is 3.23. The average Bonchev–Trinajstić information content (AvgIpc) is 3.26. The lowest BCUT2D eigenvalue weighted by Crippen LogP contribution is -2.05. The van der Waals surface area contributed by atoms with E-state index in [4.69, 9.17) is 18.9 Å². The molecular formula is C23H24N4O4. The van der Waals surface area contributed by atoms with E-state index in [2.05, 4.69) is 15.3 Å². The minimum absolute atomic E-state index is 0.505. The van der Waals surface area contributed by atoms with E-state index in [1.807, 2.05) is 53.2 Å². The molecule has 4 aromatic rings. The summed E-state index contributed by atoms with van der Waals surface area (Å²) in [7, 11) is 6.44. The molecule has 0 aliphatic heterocycles. The molecule has 0 spiro atoms. The van der Waals surface area contributed by atoms with Crippen molar-refractivity contribution >= 4 is 11.5 Å². The van der Waals surface area contributed by atoms with Gasteiger partial charge < -0.3 is 24.3 Å². The summed E-state index contributed by atoms with van der Waals surface area (Å²) in [4.78, 5) is 9.06. The maximum absolute atomic E-state index is 5.44. The Morgan fingerprint density at radius 1 is 0.903 bits per heavy atom. The van der Waals surface area contributed by atoms with Crippen LogP contribution in [0.1, 0.15) is 5.56 Å². The van der Waals surface area contributed by atoms with Gasteiger partial charge in [0.2, 0.25) is 5.75 Å². The first-order valence-electron chi connectivity index (χ1n) is 9.67. The Kier molecular flexibility index (Phi) is 5.79. The summed E-state index contributed by atoms with van der Waals surface area (Å²) in [6.45, 7) is 0.505. The third kappa shape index (κ3) is 3.92. The van der Waals surface area contributed by atoms with Gasteiger partial charge in [0, 0.05) is 24.5 Å². The van der Waals surface area contributed by atoms with Gasteiger partial charge in [0.25, 0.3) is 0 Å². The number of nitrogens with one attached hydrogen (secondary N) is 1. The van der Waals surface area contributed by atoms with Crippen molar-refractivity contribution in [1.82, 2.24) is 14.4 Å².